The number of non-ortho nitro benzene ring substituents is 1. The molecule has 0 aliphatic carbocycles. The van der Waals surface area contributed by atoms with Crippen LogP contribution in [0.25, 0.3) is 16.8 Å². The van der Waals surface area contributed by atoms with Crippen molar-refractivity contribution in [3.8, 4) is 11.8 Å². The number of nitro groups is 1. The zero-order valence-electron chi connectivity index (χ0n) is 18.6. The van der Waals surface area contributed by atoms with Gasteiger partial charge in [-0.1, -0.05) is 83.9 Å². The molecule has 7 nitrogen and oxygen atoms in total. The monoisotopic (exact) mass is 517 g/mol. The van der Waals surface area contributed by atoms with Crippen molar-refractivity contribution in [3.63, 3.8) is 0 Å². The van der Waals surface area contributed by atoms with Crippen LogP contribution in [0.5, 0.6) is 5.75 Å². The summed E-state index contributed by atoms with van der Waals surface area (Å²) >= 11 is 12.2. The lowest BCUT2D eigenvalue weighted by Gasteiger charge is -2.13. The minimum absolute atomic E-state index is 0.0337. The van der Waals surface area contributed by atoms with Gasteiger partial charge in [-0.05, 0) is 28.5 Å². The third-order valence-corrected chi connectivity index (χ3v) is 5.89. The number of nitro benzene ring substituents is 1. The van der Waals surface area contributed by atoms with E-state index in [0.717, 1.165) is 28.5 Å². The standard InChI is InChI=1S/C27H17Cl2N3O4/c28-23-13-20(32(34)35)14-24(29)26(23)31-27(33)19(15-30)12-22-21-9-5-4-8-18(21)10-11-25(22)36-16-17-6-2-1-3-7-17/h1-14H,16H2,(H,31,33)/b19-12+. The second-order valence-electron chi connectivity index (χ2n) is 7.64. The predicted molar refractivity (Wildman–Crippen MR) is 140 cm³/mol. The van der Waals surface area contributed by atoms with E-state index in [4.69, 9.17) is 27.9 Å². The Bertz CT molecular complexity index is 1520. The van der Waals surface area contributed by atoms with Crippen LogP contribution in [0, 0.1) is 21.4 Å². The van der Waals surface area contributed by atoms with E-state index in [2.05, 4.69) is 5.32 Å². The zero-order valence-corrected chi connectivity index (χ0v) is 20.1. The molecule has 0 unspecified atom stereocenters. The molecule has 0 spiro atoms. The smallest absolute Gasteiger partial charge is 0.272 e. The topological polar surface area (TPSA) is 105 Å². The highest BCUT2D eigenvalue weighted by Crippen LogP contribution is 2.35. The molecular weight excluding hydrogens is 501 g/mol. The number of ether oxygens (including phenoxy) is 1. The van der Waals surface area contributed by atoms with Gasteiger partial charge in [0.1, 0.15) is 24.0 Å². The summed E-state index contributed by atoms with van der Waals surface area (Å²) in [5, 5.41) is 24.7. The number of carbonyl (C=O) groups is 1. The summed E-state index contributed by atoms with van der Waals surface area (Å²) in [7, 11) is 0. The Labute approximate surface area is 216 Å². The van der Waals surface area contributed by atoms with Crippen LogP contribution in [0.3, 0.4) is 0 Å². The Hall–Kier alpha value is -4.38. The summed E-state index contributed by atoms with van der Waals surface area (Å²) < 4.78 is 6.06. The zero-order chi connectivity index (χ0) is 25.7. The quantitative estimate of drug-likeness (QED) is 0.121. The molecule has 0 aliphatic heterocycles. The molecule has 0 aromatic heterocycles. The molecule has 1 amide bonds. The summed E-state index contributed by atoms with van der Waals surface area (Å²) in [5.74, 6) is -0.290. The predicted octanol–water partition coefficient (Wildman–Crippen LogP) is 7.18. The Balaban J connectivity index is 1.71. The molecule has 4 rings (SSSR count). The maximum Gasteiger partial charge on any atom is 0.272 e. The van der Waals surface area contributed by atoms with E-state index in [0.29, 0.717) is 17.9 Å². The van der Waals surface area contributed by atoms with Gasteiger partial charge in [0.05, 0.1) is 20.7 Å². The molecule has 178 valence electrons. The lowest BCUT2D eigenvalue weighted by Crippen LogP contribution is -2.14. The maximum absolute atomic E-state index is 13.0. The van der Waals surface area contributed by atoms with Gasteiger partial charge in [-0.2, -0.15) is 5.26 Å². The number of nitrogens with one attached hydrogen (secondary N) is 1. The summed E-state index contributed by atoms with van der Waals surface area (Å²) in [6, 6.07) is 24.8. The third kappa shape index (κ3) is 5.47. The van der Waals surface area contributed by atoms with E-state index in [1.807, 2.05) is 66.7 Å². The van der Waals surface area contributed by atoms with Crippen molar-refractivity contribution in [3.05, 3.63) is 116 Å². The second kappa shape index (κ2) is 10.9. The minimum Gasteiger partial charge on any atom is -0.488 e. The van der Waals surface area contributed by atoms with Gasteiger partial charge in [-0.25, -0.2) is 0 Å². The van der Waals surface area contributed by atoms with Crippen LogP contribution in [0.4, 0.5) is 11.4 Å². The van der Waals surface area contributed by atoms with Gasteiger partial charge in [0, 0.05) is 17.7 Å². The molecule has 0 saturated carbocycles. The fourth-order valence-corrected chi connectivity index (χ4v) is 4.11. The van der Waals surface area contributed by atoms with Gasteiger partial charge in [0.15, 0.2) is 0 Å². The van der Waals surface area contributed by atoms with Gasteiger partial charge in [-0.15, -0.1) is 0 Å². The fourth-order valence-electron chi connectivity index (χ4n) is 3.54. The molecule has 4 aromatic rings. The first-order chi connectivity index (χ1) is 17.4. The molecule has 0 atom stereocenters. The number of carbonyl (C=O) groups excluding carboxylic acids is 1. The highest BCUT2D eigenvalue weighted by Gasteiger charge is 2.19. The average Bonchev–Trinajstić information content (AvgIpc) is 2.88. The van der Waals surface area contributed by atoms with Crippen molar-refractivity contribution in [2.45, 2.75) is 6.61 Å². The number of hydrogen-bond acceptors (Lipinski definition) is 5. The molecule has 4 aromatic carbocycles. The van der Waals surface area contributed by atoms with Gasteiger partial charge in [0.2, 0.25) is 0 Å². The van der Waals surface area contributed by atoms with Gasteiger partial charge < -0.3 is 10.1 Å². The summed E-state index contributed by atoms with van der Waals surface area (Å²) in [6.07, 6.45) is 1.44. The Morgan fingerprint density at radius 1 is 1.03 bits per heavy atom. The first-order valence-electron chi connectivity index (χ1n) is 10.6. The fraction of sp³-hybridized carbons (Fsp3) is 0.0370. The number of benzene rings is 4. The Morgan fingerprint density at radius 3 is 2.36 bits per heavy atom. The van der Waals surface area contributed by atoms with E-state index in [1.165, 1.54) is 6.08 Å². The summed E-state index contributed by atoms with van der Waals surface area (Å²) in [6.45, 7) is 0.294. The van der Waals surface area contributed by atoms with Crippen LogP contribution in [0.15, 0.2) is 84.4 Å². The molecule has 0 aliphatic rings. The molecule has 0 saturated heterocycles. The van der Waals surface area contributed by atoms with Crippen LogP contribution in [0.1, 0.15) is 11.1 Å². The van der Waals surface area contributed by atoms with E-state index in [-0.39, 0.29) is 27.0 Å². The SMILES string of the molecule is N#C/C(=C\c1c(OCc2ccccc2)ccc2ccccc12)C(=O)Nc1c(Cl)cc([N+](=O)[O-])cc1Cl. The molecule has 0 heterocycles. The lowest BCUT2D eigenvalue weighted by atomic mass is 10.0. The first-order valence-corrected chi connectivity index (χ1v) is 11.4. The van der Waals surface area contributed by atoms with Crippen LogP contribution < -0.4 is 10.1 Å². The highest BCUT2D eigenvalue weighted by atomic mass is 35.5. The van der Waals surface area contributed by atoms with E-state index in [9.17, 15) is 20.2 Å². The van der Waals surface area contributed by atoms with Crippen LogP contribution in [0.2, 0.25) is 10.0 Å². The van der Waals surface area contributed by atoms with Crippen LogP contribution >= 0.6 is 23.2 Å². The van der Waals surface area contributed by atoms with Gasteiger partial charge in [0.25, 0.3) is 11.6 Å². The Morgan fingerprint density at radius 2 is 1.69 bits per heavy atom. The Kier molecular flexibility index (Phi) is 7.50. The summed E-state index contributed by atoms with van der Waals surface area (Å²) in [5.41, 5.74) is 0.919. The second-order valence-corrected chi connectivity index (χ2v) is 8.45. The van der Waals surface area contributed by atoms with Crippen LogP contribution in [-0.2, 0) is 11.4 Å². The molecule has 1 N–H and O–H groups in total. The van der Waals surface area contributed by atoms with Crippen LogP contribution in [-0.4, -0.2) is 10.8 Å². The molecular formula is C27H17Cl2N3O4. The lowest BCUT2D eigenvalue weighted by molar-refractivity contribution is -0.384. The number of hydrogen-bond donors (Lipinski definition) is 1. The molecule has 0 fully saturated rings. The number of anilines is 1. The van der Waals surface area contributed by atoms with Crippen molar-refractivity contribution in [2.75, 3.05) is 5.32 Å². The minimum atomic E-state index is -0.780. The van der Waals surface area contributed by atoms with E-state index >= 15 is 0 Å². The molecule has 0 bridgehead atoms. The van der Waals surface area contributed by atoms with E-state index in [1.54, 1.807) is 6.07 Å². The number of amides is 1. The van der Waals surface area contributed by atoms with E-state index < -0.39 is 10.8 Å². The number of halogens is 2. The third-order valence-electron chi connectivity index (χ3n) is 5.30. The van der Waals surface area contributed by atoms with Crippen molar-refractivity contribution in [1.82, 2.24) is 0 Å². The van der Waals surface area contributed by atoms with Gasteiger partial charge >= 0.3 is 0 Å². The number of rotatable bonds is 7. The van der Waals surface area contributed by atoms with Crippen molar-refractivity contribution in [1.29, 1.82) is 5.26 Å². The average molecular weight is 518 g/mol. The van der Waals surface area contributed by atoms with Crippen molar-refractivity contribution < 1.29 is 14.5 Å². The number of fused-ring (bicyclic) bond motifs is 1. The van der Waals surface area contributed by atoms with Crippen molar-refractivity contribution in [2.24, 2.45) is 0 Å². The number of nitrogens with zero attached hydrogens (tertiary/aromatic N) is 2. The van der Waals surface area contributed by atoms with Gasteiger partial charge in [-0.3, -0.25) is 14.9 Å². The molecule has 0 radical (unpaired) electrons. The summed E-state index contributed by atoms with van der Waals surface area (Å²) in [4.78, 5) is 23.4. The molecule has 9 heteroatoms. The normalized spacial score (nSPS) is 11.1. The first kappa shape index (κ1) is 24.7. The maximum atomic E-state index is 13.0. The highest BCUT2D eigenvalue weighted by molar-refractivity contribution is 6.40. The van der Waals surface area contributed by atoms with Crippen molar-refractivity contribution >= 4 is 57.3 Å². The number of nitriles is 1. The molecule has 36 heavy (non-hydrogen) atoms. The largest absolute Gasteiger partial charge is 0.488 e.